The Labute approximate surface area is 140 Å². The second-order valence-corrected chi connectivity index (χ2v) is 7.87. The van der Waals surface area contributed by atoms with Gasteiger partial charge in [-0.25, -0.2) is 0 Å². The highest BCUT2D eigenvalue weighted by atomic mass is 79.9. The molecule has 5 heteroatoms. The molecule has 1 N–H and O–H groups in total. The van der Waals surface area contributed by atoms with E-state index in [0.717, 1.165) is 23.2 Å². The zero-order valence-corrected chi connectivity index (χ0v) is 15.4. The molecule has 0 aliphatic rings. The minimum absolute atomic E-state index is 0.258. The molecule has 2 nitrogen and oxygen atoms in total. The van der Waals surface area contributed by atoms with Crippen molar-refractivity contribution in [2.45, 2.75) is 19.4 Å². The van der Waals surface area contributed by atoms with Gasteiger partial charge >= 0.3 is 0 Å². The monoisotopic (exact) mass is 417 g/mol. The molecule has 0 saturated carbocycles. The molecule has 0 amide bonds. The summed E-state index contributed by atoms with van der Waals surface area (Å²) in [5.41, 5.74) is 1.20. The molecule has 0 radical (unpaired) electrons. The van der Waals surface area contributed by atoms with Crippen molar-refractivity contribution in [1.82, 2.24) is 5.32 Å². The van der Waals surface area contributed by atoms with Gasteiger partial charge in [0.2, 0.25) is 0 Å². The Morgan fingerprint density at radius 2 is 2.05 bits per heavy atom. The normalized spacial score (nSPS) is 12.4. The van der Waals surface area contributed by atoms with Crippen LogP contribution in [0.15, 0.2) is 38.6 Å². The second kappa shape index (κ2) is 7.59. The highest BCUT2D eigenvalue weighted by Gasteiger charge is 2.17. The summed E-state index contributed by atoms with van der Waals surface area (Å²) in [7, 11) is 1.72. The summed E-state index contributed by atoms with van der Waals surface area (Å²) in [5.74, 6) is 0.918. The first-order chi connectivity index (χ1) is 9.63. The van der Waals surface area contributed by atoms with E-state index >= 15 is 0 Å². The lowest BCUT2D eigenvalue weighted by molar-refractivity contribution is 0.399. The zero-order chi connectivity index (χ0) is 14.5. The van der Waals surface area contributed by atoms with E-state index in [9.17, 15) is 0 Å². The van der Waals surface area contributed by atoms with Crippen LogP contribution < -0.4 is 10.1 Å². The summed E-state index contributed by atoms with van der Waals surface area (Å²) in [6, 6.07) is 10.7. The van der Waals surface area contributed by atoms with E-state index in [1.54, 1.807) is 18.4 Å². The molecule has 0 spiro atoms. The van der Waals surface area contributed by atoms with Gasteiger partial charge in [-0.1, -0.05) is 28.9 Å². The molecule has 0 fully saturated rings. The lowest BCUT2D eigenvalue weighted by atomic mass is 10.0. The third-order valence-corrected chi connectivity index (χ3v) is 5.19. The first-order valence-electron chi connectivity index (χ1n) is 6.45. The fourth-order valence-corrected chi connectivity index (χ4v) is 4.04. The summed E-state index contributed by atoms with van der Waals surface area (Å²) in [6.07, 6.45) is 0.960. The summed E-state index contributed by atoms with van der Waals surface area (Å²) < 4.78 is 7.73. The lowest BCUT2D eigenvalue weighted by Gasteiger charge is -2.20. The average molecular weight is 419 g/mol. The molecule has 1 aromatic heterocycles. The Morgan fingerprint density at radius 3 is 2.65 bits per heavy atom. The van der Waals surface area contributed by atoms with Gasteiger partial charge in [-0.15, -0.1) is 11.3 Å². The Balaban J connectivity index is 2.28. The van der Waals surface area contributed by atoms with Gasteiger partial charge in [-0.05, 0) is 46.7 Å². The first kappa shape index (κ1) is 16.0. The summed E-state index contributed by atoms with van der Waals surface area (Å²) >= 11 is 8.79. The average Bonchev–Trinajstić information content (AvgIpc) is 2.83. The Morgan fingerprint density at radius 1 is 1.25 bits per heavy atom. The minimum atomic E-state index is 0.258. The van der Waals surface area contributed by atoms with Crippen molar-refractivity contribution in [2.24, 2.45) is 0 Å². The van der Waals surface area contributed by atoms with Gasteiger partial charge in [-0.2, -0.15) is 0 Å². The van der Waals surface area contributed by atoms with Crippen molar-refractivity contribution in [3.63, 3.8) is 0 Å². The van der Waals surface area contributed by atoms with Crippen LogP contribution in [-0.2, 0) is 6.42 Å². The van der Waals surface area contributed by atoms with Gasteiger partial charge in [0, 0.05) is 27.4 Å². The van der Waals surface area contributed by atoms with E-state index in [-0.39, 0.29) is 6.04 Å². The lowest BCUT2D eigenvalue weighted by Crippen LogP contribution is -2.23. The van der Waals surface area contributed by atoms with Gasteiger partial charge in [0.1, 0.15) is 5.75 Å². The van der Waals surface area contributed by atoms with E-state index in [4.69, 9.17) is 4.74 Å². The van der Waals surface area contributed by atoms with E-state index in [1.807, 2.05) is 6.07 Å². The number of rotatable bonds is 6. The smallest absolute Gasteiger partial charge is 0.124 e. The predicted molar refractivity (Wildman–Crippen MR) is 92.8 cm³/mol. The van der Waals surface area contributed by atoms with Crippen molar-refractivity contribution in [3.05, 3.63) is 49.0 Å². The quantitative estimate of drug-likeness (QED) is 0.698. The summed E-state index contributed by atoms with van der Waals surface area (Å²) in [4.78, 5) is 1.35. The molecule has 108 valence electrons. The second-order valence-electron chi connectivity index (χ2n) is 4.41. The van der Waals surface area contributed by atoms with Crippen LogP contribution in [0.25, 0.3) is 0 Å². The van der Waals surface area contributed by atoms with Crippen LogP contribution in [0.5, 0.6) is 5.75 Å². The number of hydrogen-bond acceptors (Lipinski definition) is 3. The fraction of sp³-hybridized carbons (Fsp3) is 0.333. The number of thiophene rings is 1. The van der Waals surface area contributed by atoms with Crippen molar-refractivity contribution in [1.29, 1.82) is 0 Å². The Bertz CT molecular complexity index is 571. The SMILES string of the molecule is CCNC(Cc1ccc(Br)s1)c1ccc(Br)cc1OC. The number of nitrogens with one attached hydrogen (secondary N) is 1. The van der Waals surface area contributed by atoms with Crippen LogP contribution in [-0.4, -0.2) is 13.7 Å². The molecule has 20 heavy (non-hydrogen) atoms. The number of methoxy groups -OCH3 is 1. The number of hydrogen-bond donors (Lipinski definition) is 1. The molecule has 0 saturated heterocycles. The molecule has 0 aliphatic carbocycles. The standard InChI is InChI=1S/C15H17Br2NOS/c1-3-18-13(9-11-5-7-15(17)20-11)12-6-4-10(16)8-14(12)19-2/h4-8,13,18H,3,9H2,1-2H3. The molecular weight excluding hydrogens is 402 g/mol. The van der Waals surface area contributed by atoms with Gasteiger partial charge in [0.25, 0.3) is 0 Å². The Hall–Kier alpha value is -0.360. The molecular formula is C15H17Br2NOS. The van der Waals surface area contributed by atoms with Crippen LogP contribution in [0.3, 0.4) is 0 Å². The highest BCUT2D eigenvalue weighted by molar-refractivity contribution is 9.11. The third-order valence-electron chi connectivity index (χ3n) is 3.06. The Kier molecular flexibility index (Phi) is 6.08. The number of benzene rings is 1. The van der Waals surface area contributed by atoms with Crippen LogP contribution in [0, 0.1) is 0 Å². The van der Waals surface area contributed by atoms with Crippen molar-refractivity contribution in [2.75, 3.05) is 13.7 Å². The molecule has 0 bridgehead atoms. The molecule has 0 aliphatic heterocycles. The molecule has 2 aromatic rings. The van der Waals surface area contributed by atoms with Crippen LogP contribution >= 0.6 is 43.2 Å². The van der Waals surface area contributed by atoms with Crippen molar-refractivity contribution >= 4 is 43.2 Å². The maximum atomic E-state index is 5.52. The number of likely N-dealkylation sites (N-methyl/N-ethyl adjacent to an activating group) is 1. The maximum Gasteiger partial charge on any atom is 0.124 e. The van der Waals surface area contributed by atoms with Crippen LogP contribution in [0.4, 0.5) is 0 Å². The van der Waals surface area contributed by atoms with Gasteiger partial charge in [-0.3, -0.25) is 0 Å². The van der Waals surface area contributed by atoms with E-state index in [1.165, 1.54) is 14.2 Å². The minimum Gasteiger partial charge on any atom is -0.496 e. The summed E-state index contributed by atoms with van der Waals surface area (Å²) in [5, 5.41) is 3.55. The third kappa shape index (κ3) is 4.07. The van der Waals surface area contributed by atoms with Crippen molar-refractivity contribution < 1.29 is 4.74 Å². The van der Waals surface area contributed by atoms with Gasteiger partial charge in [0.15, 0.2) is 0 Å². The van der Waals surface area contributed by atoms with Crippen LogP contribution in [0.1, 0.15) is 23.4 Å². The zero-order valence-electron chi connectivity index (χ0n) is 11.5. The molecule has 1 heterocycles. The van der Waals surface area contributed by atoms with Crippen LogP contribution in [0.2, 0.25) is 0 Å². The highest BCUT2D eigenvalue weighted by Crippen LogP contribution is 2.32. The van der Waals surface area contributed by atoms with E-state index in [2.05, 4.69) is 68.4 Å². The van der Waals surface area contributed by atoms with E-state index < -0.39 is 0 Å². The molecule has 1 atom stereocenters. The van der Waals surface area contributed by atoms with Crippen molar-refractivity contribution in [3.8, 4) is 5.75 Å². The van der Waals surface area contributed by atoms with E-state index in [0.29, 0.717) is 0 Å². The van der Waals surface area contributed by atoms with Gasteiger partial charge < -0.3 is 10.1 Å². The van der Waals surface area contributed by atoms with Gasteiger partial charge in [0.05, 0.1) is 10.9 Å². The number of halogens is 2. The first-order valence-corrected chi connectivity index (χ1v) is 8.85. The summed E-state index contributed by atoms with van der Waals surface area (Å²) in [6.45, 7) is 3.05. The molecule has 2 rings (SSSR count). The molecule has 1 aromatic carbocycles. The maximum absolute atomic E-state index is 5.52. The predicted octanol–water partition coefficient (Wildman–Crippen LogP) is 5.18. The topological polar surface area (TPSA) is 21.3 Å². The molecule has 1 unspecified atom stereocenters. The fourth-order valence-electron chi connectivity index (χ4n) is 2.17. The number of ether oxygens (including phenoxy) is 1. The largest absolute Gasteiger partial charge is 0.496 e.